The van der Waals surface area contributed by atoms with E-state index in [9.17, 15) is 14.3 Å². The molecular formula is C32H32FN5O5. The Hall–Kier alpha value is -4.37. The van der Waals surface area contributed by atoms with Gasteiger partial charge in [-0.15, -0.1) is 0 Å². The van der Waals surface area contributed by atoms with Gasteiger partial charge >= 0.3 is 5.97 Å². The lowest BCUT2D eigenvalue weighted by Gasteiger charge is -2.40. The normalized spacial score (nSPS) is 18.2. The predicted molar refractivity (Wildman–Crippen MR) is 154 cm³/mol. The minimum Gasteiger partial charge on any atom is -0.478 e. The van der Waals surface area contributed by atoms with Gasteiger partial charge in [0.05, 0.1) is 53.1 Å². The number of imidazole rings is 1. The number of ether oxygens (including phenoxy) is 3. The number of aromatic carboxylic acids is 1. The molecule has 2 aromatic carbocycles. The third-order valence-electron chi connectivity index (χ3n) is 8.42. The van der Waals surface area contributed by atoms with Gasteiger partial charge < -0.3 is 23.9 Å². The average Bonchev–Trinajstić information content (AvgIpc) is 3.34. The molecule has 6 rings (SSSR count). The number of carboxylic acid groups (broad SMARTS) is 1. The Balaban J connectivity index is 1.15. The van der Waals surface area contributed by atoms with Gasteiger partial charge in [0.15, 0.2) is 0 Å². The second kappa shape index (κ2) is 12.1. The molecule has 1 atom stereocenters. The number of halogens is 1. The van der Waals surface area contributed by atoms with Crippen molar-refractivity contribution in [3.05, 3.63) is 88.6 Å². The highest BCUT2D eigenvalue weighted by molar-refractivity contribution is 5.92. The second-order valence-electron chi connectivity index (χ2n) is 11.0. The minimum atomic E-state index is -0.965. The highest BCUT2D eigenvalue weighted by Gasteiger charge is 2.38. The van der Waals surface area contributed by atoms with E-state index in [1.807, 2.05) is 18.2 Å². The van der Waals surface area contributed by atoms with Gasteiger partial charge in [-0.1, -0.05) is 12.1 Å². The lowest BCUT2D eigenvalue weighted by Crippen LogP contribution is -2.44. The van der Waals surface area contributed by atoms with Gasteiger partial charge in [-0.2, -0.15) is 5.26 Å². The lowest BCUT2D eigenvalue weighted by atomic mass is 9.87. The number of rotatable bonds is 10. The maximum atomic E-state index is 14.3. The van der Waals surface area contributed by atoms with Crippen LogP contribution in [0.2, 0.25) is 0 Å². The summed E-state index contributed by atoms with van der Waals surface area (Å²) in [5, 5.41) is 18.5. The molecular weight excluding hydrogens is 553 g/mol. The third kappa shape index (κ3) is 5.95. The molecule has 0 unspecified atom stereocenters. The summed E-state index contributed by atoms with van der Waals surface area (Å²) in [7, 11) is 1.69. The third-order valence-corrected chi connectivity index (χ3v) is 8.42. The number of carbonyl (C=O) groups is 1. The summed E-state index contributed by atoms with van der Waals surface area (Å²) < 4.78 is 34.0. The monoisotopic (exact) mass is 585 g/mol. The van der Waals surface area contributed by atoms with Crippen molar-refractivity contribution in [3.63, 3.8) is 0 Å². The smallest absolute Gasteiger partial charge is 0.335 e. The molecule has 0 spiro atoms. The number of fused-ring (bicyclic) bond motifs is 1. The number of methoxy groups -OCH3 is 1. The number of pyridine rings is 1. The van der Waals surface area contributed by atoms with E-state index >= 15 is 0 Å². The topological polar surface area (TPSA) is 123 Å². The first-order chi connectivity index (χ1) is 20.9. The van der Waals surface area contributed by atoms with E-state index in [0.717, 1.165) is 48.7 Å². The van der Waals surface area contributed by atoms with Gasteiger partial charge in [-0.25, -0.2) is 19.2 Å². The highest BCUT2D eigenvalue weighted by atomic mass is 19.1. The molecule has 2 aliphatic heterocycles. The van der Waals surface area contributed by atoms with E-state index < -0.39 is 17.4 Å². The van der Waals surface area contributed by atoms with Crippen molar-refractivity contribution in [2.45, 2.75) is 50.7 Å². The Kier molecular flexibility index (Phi) is 8.08. The van der Waals surface area contributed by atoms with Gasteiger partial charge in [0, 0.05) is 38.4 Å². The molecule has 43 heavy (non-hydrogen) atoms. The summed E-state index contributed by atoms with van der Waals surface area (Å²) in [6.07, 6.45) is 2.45. The van der Waals surface area contributed by atoms with Crippen LogP contribution in [0.1, 0.15) is 52.3 Å². The Morgan fingerprint density at radius 2 is 2.00 bits per heavy atom. The van der Waals surface area contributed by atoms with Gasteiger partial charge in [0.1, 0.15) is 23.8 Å². The number of benzene rings is 2. The molecule has 4 heterocycles. The average molecular weight is 586 g/mol. The Labute approximate surface area is 248 Å². The van der Waals surface area contributed by atoms with Crippen molar-refractivity contribution >= 4 is 17.0 Å². The SMILES string of the molecule is COC1(c2cccc(OCc3ccc(C#N)cc3F)n2)CCN(Cc2nc3ccc(C(=O)O)cc3n2C[C@@H]2CCO2)CC1. The van der Waals surface area contributed by atoms with Crippen LogP contribution >= 0.6 is 0 Å². The number of nitrogens with zero attached hydrogens (tertiary/aromatic N) is 5. The fourth-order valence-corrected chi connectivity index (χ4v) is 5.73. The van der Waals surface area contributed by atoms with Crippen LogP contribution in [0.15, 0.2) is 54.6 Å². The van der Waals surface area contributed by atoms with E-state index in [2.05, 4.69) is 9.47 Å². The van der Waals surface area contributed by atoms with Crippen molar-refractivity contribution in [2.24, 2.45) is 0 Å². The van der Waals surface area contributed by atoms with Crippen LogP contribution in [0, 0.1) is 17.1 Å². The molecule has 2 saturated heterocycles. The van der Waals surface area contributed by atoms with Crippen molar-refractivity contribution in [3.8, 4) is 11.9 Å². The van der Waals surface area contributed by atoms with Crippen molar-refractivity contribution in [2.75, 3.05) is 26.8 Å². The van der Waals surface area contributed by atoms with Crippen LogP contribution in [0.4, 0.5) is 4.39 Å². The Morgan fingerprint density at radius 1 is 1.19 bits per heavy atom. The Morgan fingerprint density at radius 3 is 2.67 bits per heavy atom. The largest absolute Gasteiger partial charge is 0.478 e. The van der Waals surface area contributed by atoms with Crippen LogP contribution < -0.4 is 4.74 Å². The van der Waals surface area contributed by atoms with E-state index in [1.54, 1.807) is 43.5 Å². The molecule has 2 aliphatic rings. The molecule has 0 aliphatic carbocycles. The molecule has 2 fully saturated rings. The number of nitriles is 1. The van der Waals surface area contributed by atoms with Gasteiger partial charge in [0.2, 0.25) is 5.88 Å². The molecule has 0 amide bonds. The number of hydrogen-bond donors (Lipinski definition) is 1. The highest BCUT2D eigenvalue weighted by Crippen LogP contribution is 2.36. The van der Waals surface area contributed by atoms with Crippen LogP contribution in [0.25, 0.3) is 11.0 Å². The summed E-state index contributed by atoms with van der Waals surface area (Å²) in [5.41, 5.74) is 2.55. The second-order valence-corrected chi connectivity index (χ2v) is 11.0. The molecule has 222 valence electrons. The number of hydrogen-bond acceptors (Lipinski definition) is 8. The van der Waals surface area contributed by atoms with Crippen molar-refractivity contribution in [1.29, 1.82) is 5.26 Å². The van der Waals surface area contributed by atoms with Crippen LogP contribution in [-0.2, 0) is 34.8 Å². The van der Waals surface area contributed by atoms with Crippen molar-refractivity contribution in [1.82, 2.24) is 19.4 Å². The number of piperidine rings is 1. The molecule has 4 aromatic rings. The fraction of sp³-hybridized carbons (Fsp3) is 0.375. The van der Waals surface area contributed by atoms with E-state index in [1.165, 1.54) is 6.07 Å². The lowest BCUT2D eigenvalue weighted by molar-refractivity contribution is -0.0685. The molecule has 0 radical (unpaired) electrons. The minimum absolute atomic E-state index is 0.0113. The molecule has 0 saturated carbocycles. The summed E-state index contributed by atoms with van der Waals surface area (Å²) >= 11 is 0. The zero-order valence-corrected chi connectivity index (χ0v) is 23.8. The first-order valence-corrected chi connectivity index (χ1v) is 14.3. The Bertz CT molecular complexity index is 1690. The van der Waals surface area contributed by atoms with Crippen LogP contribution in [-0.4, -0.2) is 63.4 Å². The summed E-state index contributed by atoms with van der Waals surface area (Å²) in [4.78, 5) is 23.5. The molecule has 2 aromatic heterocycles. The standard InChI is InChI=1S/C32H32FN5O5/c1-41-32(28-3-2-4-30(36-28)43-20-23-6-5-21(17-34)15-25(23)33)10-12-37(13-11-32)19-29-35-26-8-7-22(31(39)40)16-27(26)38(29)18-24-9-14-42-24/h2-8,15-16,24H,9-14,18-20H2,1H3,(H,39,40)/t24-/m0/s1. The number of aromatic nitrogens is 3. The van der Waals surface area contributed by atoms with E-state index in [4.69, 9.17) is 29.4 Å². The fourth-order valence-electron chi connectivity index (χ4n) is 5.73. The van der Waals surface area contributed by atoms with Gasteiger partial charge in [-0.3, -0.25) is 4.90 Å². The maximum Gasteiger partial charge on any atom is 0.335 e. The zero-order chi connectivity index (χ0) is 30.0. The van der Waals surface area contributed by atoms with Gasteiger partial charge in [0.25, 0.3) is 0 Å². The van der Waals surface area contributed by atoms with Crippen molar-refractivity contribution < 1.29 is 28.5 Å². The first kappa shape index (κ1) is 28.7. The summed E-state index contributed by atoms with van der Waals surface area (Å²) in [6.45, 7) is 3.44. The first-order valence-electron chi connectivity index (χ1n) is 14.3. The van der Waals surface area contributed by atoms with E-state index in [0.29, 0.717) is 37.4 Å². The van der Waals surface area contributed by atoms with Crippen LogP contribution in [0.5, 0.6) is 5.88 Å². The molecule has 0 bridgehead atoms. The summed E-state index contributed by atoms with van der Waals surface area (Å²) in [5.74, 6) is -0.214. The quantitative estimate of drug-likeness (QED) is 0.283. The number of carboxylic acids is 1. The maximum absolute atomic E-state index is 14.3. The predicted octanol–water partition coefficient (Wildman–Crippen LogP) is 4.65. The summed E-state index contributed by atoms with van der Waals surface area (Å²) in [6, 6.07) is 16.8. The molecule has 10 nitrogen and oxygen atoms in total. The number of likely N-dealkylation sites (tertiary alicyclic amines) is 1. The van der Waals surface area contributed by atoms with Crippen LogP contribution in [0.3, 0.4) is 0 Å². The molecule has 1 N–H and O–H groups in total. The van der Waals surface area contributed by atoms with Gasteiger partial charge in [-0.05, 0) is 55.7 Å². The van der Waals surface area contributed by atoms with E-state index in [-0.39, 0.29) is 23.8 Å². The molecule has 11 heteroatoms. The zero-order valence-electron chi connectivity index (χ0n) is 23.8.